The lowest BCUT2D eigenvalue weighted by Crippen LogP contribution is -2.41. The number of nitrogens with one attached hydrogen (secondary N) is 1. The molecule has 1 saturated heterocycles. The number of hydrogen-bond acceptors (Lipinski definition) is 5. The van der Waals surface area contributed by atoms with Crippen molar-refractivity contribution in [3.8, 4) is 0 Å². The van der Waals surface area contributed by atoms with Crippen LogP contribution in [0.1, 0.15) is 13.8 Å². The minimum atomic E-state index is -3.69. The average Bonchev–Trinajstić information content (AvgIpc) is 2.58. The Hall–Kier alpha value is -1.19. The highest BCUT2D eigenvalue weighted by atomic mass is 35.5. The first-order chi connectivity index (χ1) is 11.9. The van der Waals surface area contributed by atoms with Crippen LogP contribution in [0, 0.1) is 0 Å². The van der Waals surface area contributed by atoms with Gasteiger partial charge in [0.15, 0.2) is 0 Å². The Kier molecular flexibility index (Phi) is 7.21. The van der Waals surface area contributed by atoms with Crippen molar-refractivity contribution in [1.29, 1.82) is 0 Å². The van der Waals surface area contributed by atoms with Gasteiger partial charge in [0.2, 0.25) is 15.9 Å². The highest BCUT2D eigenvalue weighted by molar-refractivity contribution is 7.89. The van der Waals surface area contributed by atoms with Gasteiger partial charge in [0.05, 0.1) is 24.8 Å². The molecule has 0 bridgehead atoms. The zero-order chi connectivity index (χ0) is 18.4. The summed E-state index contributed by atoms with van der Waals surface area (Å²) in [5.41, 5.74) is 0.411. The molecule has 0 spiro atoms. The second kappa shape index (κ2) is 8.95. The zero-order valence-corrected chi connectivity index (χ0v) is 16.1. The van der Waals surface area contributed by atoms with E-state index in [1.165, 1.54) is 16.4 Å². The molecule has 1 heterocycles. The summed E-state index contributed by atoms with van der Waals surface area (Å²) >= 11 is 6.09. The number of amides is 1. The summed E-state index contributed by atoms with van der Waals surface area (Å²) in [7, 11) is -3.69. The number of carbonyl (C=O) groups is 1. The lowest BCUT2D eigenvalue weighted by Gasteiger charge is -2.25. The lowest BCUT2D eigenvalue weighted by molar-refractivity contribution is -0.118. The maximum atomic E-state index is 12.7. The fraction of sp³-hybridized carbons (Fsp3) is 0.562. The number of rotatable bonds is 7. The number of nitrogens with zero attached hydrogens (tertiary/aromatic N) is 2. The van der Waals surface area contributed by atoms with Crippen LogP contribution in [0.25, 0.3) is 0 Å². The van der Waals surface area contributed by atoms with E-state index in [0.717, 1.165) is 0 Å². The van der Waals surface area contributed by atoms with Crippen LogP contribution in [-0.4, -0.2) is 69.5 Å². The first-order valence-corrected chi connectivity index (χ1v) is 10.1. The Morgan fingerprint density at radius 1 is 1.28 bits per heavy atom. The fourth-order valence-electron chi connectivity index (χ4n) is 2.64. The van der Waals surface area contributed by atoms with Crippen LogP contribution in [-0.2, 0) is 19.6 Å². The summed E-state index contributed by atoms with van der Waals surface area (Å²) < 4.78 is 31.9. The second-order valence-electron chi connectivity index (χ2n) is 5.67. The normalized spacial score (nSPS) is 16.2. The van der Waals surface area contributed by atoms with E-state index < -0.39 is 10.0 Å². The van der Waals surface area contributed by atoms with Crippen LogP contribution in [0.15, 0.2) is 23.1 Å². The van der Waals surface area contributed by atoms with Gasteiger partial charge in [-0.25, -0.2) is 8.42 Å². The van der Waals surface area contributed by atoms with Gasteiger partial charge in [-0.05, 0) is 18.2 Å². The third kappa shape index (κ3) is 5.15. The summed E-state index contributed by atoms with van der Waals surface area (Å²) in [5.74, 6) is -0.199. The van der Waals surface area contributed by atoms with E-state index in [0.29, 0.717) is 45.1 Å². The van der Waals surface area contributed by atoms with Crippen LogP contribution >= 0.6 is 11.6 Å². The maximum absolute atomic E-state index is 12.7. The van der Waals surface area contributed by atoms with Crippen molar-refractivity contribution in [3.63, 3.8) is 0 Å². The number of hydrogen-bond donors (Lipinski definition) is 1. The smallest absolute Gasteiger partial charge is 0.244 e. The lowest BCUT2D eigenvalue weighted by atomic mass is 10.3. The van der Waals surface area contributed by atoms with E-state index in [2.05, 4.69) is 5.32 Å². The number of morpholine rings is 1. The second-order valence-corrected chi connectivity index (χ2v) is 7.98. The SMILES string of the molecule is CCN(CC)S(=O)(=O)c1cc(NC(=O)CN2CCOCC2)ccc1Cl. The van der Waals surface area contributed by atoms with Crippen molar-refractivity contribution in [2.75, 3.05) is 51.3 Å². The Balaban J connectivity index is 2.14. The minimum absolute atomic E-state index is 0.00189. The molecule has 9 heteroatoms. The Morgan fingerprint density at radius 3 is 2.52 bits per heavy atom. The van der Waals surface area contributed by atoms with E-state index in [9.17, 15) is 13.2 Å². The number of benzene rings is 1. The molecule has 1 amide bonds. The van der Waals surface area contributed by atoms with E-state index >= 15 is 0 Å². The third-order valence-corrected chi connectivity index (χ3v) is 6.54. The topological polar surface area (TPSA) is 79.0 Å². The molecular formula is C16H24ClN3O4S. The number of ether oxygens (including phenoxy) is 1. The predicted molar refractivity (Wildman–Crippen MR) is 97.4 cm³/mol. The summed E-state index contributed by atoms with van der Waals surface area (Å²) in [5, 5.41) is 2.88. The van der Waals surface area contributed by atoms with Crippen molar-refractivity contribution in [2.24, 2.45) is 0 Å². The van der Waals surface area contributed by atoms with Gasteiger partial charge in [-0.3, -0.25) is 9.69 Å². The fourth-order valence-corrected chi connectivity index (χ4v) is 4.60. The number of anilines is 1. The van der Waals surface area contributed by atoms with Gasteiger partial charge >= 0.3 is 0 Å². The van der Waals surface area contributed by atoms with Crippen LogP contribution in [0.5, 0.6) is 0 Å². The first kappa shape index (κ1) is 20.1. The van der Waals surface area contributed by atoms with Gasteiger partial charge in [-0.1, -0.05) is 25.4 Å². The van der Waals surface area contributed by atoms with Crippen molar-refractivity contribution >= 4 is 33.2 Å². The largest absolute Gasteiger partial charge is 0.379 e. The molecule has 1 aromatic rings. The molecule has 1 aliphatic rings. The average molecular weight is 390 g/mol. The molecule has 1 aromatic carbocycles. The quantitative estimate of drug-likeness (QED) is 0.767. The maximum Gasteiger partial charge on any atom is 0.244 e. The third-order valence-electron chi connectivity index (χ3n) is 4.01. The molecule has 1 aliphatic heterocycles. The van der Waals surface area contributed by atoms with Crippen LogP contribution in [0.4, 0.5) is 5.69 Å². The standard InChI is InChI=1S/C16H24ClN3O4S/c1-3-20(4-2)25(22,23)15-11-13(5-6-14(15)17)18-16(21)12-19-7-9-24-10-8-19/h5-6,11H,3-4,7-10,12H2,1-2H3,(H,18,21). The van der Waals surface area contributed by atoms with Gasteiger partial charge in [0, 0.05) is 31.9 Å². The molecular weight excluding hydrogens is 366 g/mol. The summed E-state index contributed by atoms with van der Waals surface area (Å²) in [4.78, 5) is 14.2. The number of halogens is 1. The molecule has 2 rings (SSSR count). The van der Waals surface area contributed by atoms with Gasteiger partial charge in [0.25, 0.3) is 0 Å². The molecule has 0 aromatic heterocycles. The van der Waals surface area contributed by atoms with Gasteiger partial charge in [-0.2, -0.15) is 4.31 Å². The highest BCUT2D eigenvalue weighted by Gasteiger charge is 2.25. The highest BCUT2D eigenvalue weighted by Crippen LogP contribution is 2.27. The van der Waals surface area contributed by atoms with Crippen molar-refractivity contribution < 1.29 is 17.9 Å². The van der Waals surface area contributed by atoms with Crippen molar-refractivity contribution in [2.45, 2.75) is 18.7 Å². The Labute approximate surface area is 153 Å². The van der Waals surface area contributed by atoms with Crippen LogP contribution in [0.2, 0.25) is 5.02 Å². The van der Waals surface area contributed by atoms with E-state index in [-0.39, 0.29) is 22.4 Å². The molecule has 140 valence electrons. The van der Waals surface area contributed by atoms with Gasteiger partial charge in [0.1, 0.15) is 4.90 Å². The molecule has 0 atom stereocenters. The van der Waals surface area contributed by atoms with E-state index in [4.69, 9.17) is 16.3 Å². The Bertz CT molecular complexity index is 701. The summed E-state index contributed by atoms with van der Waals surface area (Å²) in [6.45, 7) is 7.10. The van der Waals surface area contributed by atoms with Crippen molar-refractivity contribution in [1.82, 2.24) is 9.21 Å². The van der Waals surface area contributed by atoms with Gasteiger partial charge < -0.3 is 10.1 Å². The molecule has 0 unspecified atom stereocenters. The Morgan fingerprint density at radius 2 is 1.92 bits per heavy atom. The predicted octanol–water partition coefficient (Wildman–Crippen LogP) is 1.64. The van der Waals surface area contributed by atoms with Crippen LogP contribution < -0.4 is 5.32 Å². The monoisotopic (exact) mass is 389 g/mol. The zero-order valence-electron chi connectivity index (χ0n) is 14.5. The molecule has 0 radical (unpaired) electrons. The summed E-state index contributed by atoms with van der Waals surface area (Å²) in [6.07, 6.45) is 0. The first-order valence-electron chi connectivity index (χ1n) is 8.28. The number of sulfonamides is 1. The van der Waals surface area contributed by atoms with Gasteiger partial charge in [-0.15, -0.1) is 0 Å². The molecule has 7 nitrogen and oxygen atoms in total. The molecule has 0 saturated carbocycles. The minimum Gasteiger partial charge on any atom is -0.379 e. The summed E-state index contributed by atoms with van der Waals surface area (Å²) in [6, 6.07) is 4.50. The molecule has 1 fully saturated rings. The molecule has 0 aliphatic carbocycles. The van der Waals surface area contributed by atoms with Crippen molar-refractivity contribution in [3.05, 3.63) is 23.2 Å². The van der Waals surface area contributed by atoms with E-state index in [1.54, 1.807) is 19.9 Å². The van der Waals surface area contributed by atoms with Crippen LogP contribution in [0.3, 0.4) is 0 Å². The van der Waals surface area contributed by atoms with E-state index in [1.807, 2.05) is 4.90 Å². The number of carbonyl (C=O) groups excluding carboxylic acids is 1. The molecule has 25 heavy (non-hydrogen) atoms. The molecule has 1 N–H and O–H groups in total.